The summed E-state index contributed by atoms with van der Waals surface area (Å²) in [4.78, 5) is 23.9. The Hall–Kier alpha value is -1.41. The van der Waals surface area contributed by atoms with E-state index >= 15 is 0 Å². The van der Waals surface area contributed by atoms with Crippen molar-refractivity contribution in [1.82, 2.24) is 10.1 Å². The number of urea groups is 1. The van der Waals surface area contributed by atoms with Crippen molar-refractivity contribution in [3.05, 3.63) is 28.7 Å². The number of hydrogen-bond acceptors (Lipinski definition) is 5. The van der Waals surface area contributed by atoms with Crippen molar-refractivity contribution >= 4 is 41.5 Å². The number of hydrogen-bond donors (Lipinski definition) is 3. The van der Waals surface area contributed by atoms with Crippen LogP contribution in [0, 0.1) is 0 Å². The van der Waals surface area contributed by atoms with Crippen LogP contribution in [0.2, 0.25) is 0 Å². The Morgan fingerprint density at radius 2 is 1.95 bits per heavy atom. The summed E-state index contributed by atoms with van der Waals surface area (Å²) in [5.74, 6) is 11.0. The molecule has 1 heterocycles. The van der Waals surface area contributed by atoms with Crippen LogP contribution < -0.4 is 22.0 Å². The Morgan fingerprint density at radius 3 is 2.55 bits per heavy atom. The van der Waals surface area contributed by atoms with Crippen LogP contribution >= 0.6 is 23.9 Å². The van der Waals surface area contributed by atoms with Crippen molar-refractivity contribution in [2.24, 2.45) is 11.7 Å². The number of rotatable bonds is 3. The van der Waals surface area contributed by atoms with Crippen molar-refractivity contribution < 1.29 is 14.2 Å². The average molecular weight is 390 g/mol. The van der Waals surface area contributed by atoms with E-state index < -0.39 is 19.6 Å². The molecule has 3 amide bonds. The number of benzene rings is 1. The maximum atomic E-state index is 12.4. The van der Waals surface area contributed by atoms with Gasteiger partial charge < -0.3 is 9.88 Å². The van der Waals surface area contributed by atoms with Crippen LogP contribution in [-0.4, -0.2) is 28.9 Å². The molecule has 0 aromatic heterocycles. The van der Waals surface area contributed by atoms with E-state index in [-0.39, 0.29) is 5.91 Å². The third kappa shape index (κ3) is 3.67. The van der Waals surface area contributed by atoms with Crippen molar-refractivity contribution in [2.75, 3.05) is 11.6 Å². The van der Waals surface area contributed by atoms with Gasteiger partial charge >= 0.3 is 6.03 Å². The van der Waals surface area contributed by atoms with E-state index in [0.29, 0.717) is 29.9 Å². The molecular formula is C12H17BrN5O3P. The molecule has 120 valence electrons. The lowest BCUT2D eigenvalue weighted by Crippen LogP contribution is -2.49. The molecule has 5 N–H and O–H groups in total. The molecule has 2 rings (SSSR count). The van der Waals surface area contributed by atoms with Gasteiger partial charge in [0.15, 0.2) is 7.95 Å². The molecule has 1 unspecified atom stereocenters. The molecule has 1 aliphatic heterocycles. The first kappa shape index (κ1) is 17.0. The minimum absolute atomic E-state index is 0.342. The van der Waals surface area contributed by atoms with Gasteiger partial charge in [0.05, 0.1) is 5.69 Å². The standard InChI is InChI=1S/C12H17BrN5O3P/c13-8-3-5-9(6-4-8)17(14)12(20)18(15)22(21)10-2-1-7-16-11(10)19/h3-6,10,22H,1-2,7,14-15H2,(H,16,19)/t10-/m0/s1. The highest BCUT2D eigenvalue weighted by Gasteiger charge is 2.33. The van der Waals surface area contributed by atoms with Crippen LogP contribution in [0.3, 0.4) is 0 Å². The molecule has 1 aromatic rings. The van der Waals surface area contributed by atoms with Gasteiger partial charge in [0.2, 0.25) is 5.91 Å². The Morgan fingerprint density at radius 1 is 1.32 bits per heavy atom. The molecule has 10 heteroatoms. The number of nitrogens with one attached hydrogen (secondary N) is 1. The van der Waals surface area contributed by atoms with Crippen molar-refractivity contribution in [3.63, 3.8) is 0 Å². The molecule has 1 saturated heterocycles. The summed E-state index contributed by atoms with van der Waals surface area (Å²) in [6, 6.07) is 5.81. The monoisotopic (exact) mass is 389 g/mol. The Labute approximate surface area is 136 Å². The maximum absolute atomic E-state index is 12.4. The summed E-state index contributed by atoms with van der Waals surface area (Å²) in [7, 11) is -2.81. The minimum Gasteiger partial charge on any atom is -0.355 e. The summed E-state index contributed by atoms with van der Waals surface area (Å²) in [5, 5.41) is 3.42. The van der Waals surface area contributed by atoms with Gasteiger partial charge in [-0.25, -0.2) is 26.3 Å². The zero-order valence-corrected chi connectivity index (χ0v) is 14.2. The van der Waals surface area contributed by atoms with Gasteiger partial charge in [-0.2, -0.15) is 0 Å². The van der Waals surface area contributed by atoms with Gasteiger partial charge in [-0.15, -0.1) is 0 Å². The lowest BCUT2D eigenvalue weighted by Gasteiger charge is -2.28. The molecule has 0 saturated carbocycles. The number of carbonyl (C=O) groups excluding carboxylic acids is 2. The minimum atomic E-state index is -2.81. The first-order valence-electron chi connectivity index (χ1n) is 6.62. The van der Waals surface area contributed by atoms with E-state index in [4.69, 9.17) is 11.7 Å². The first-order valence-corrected chi connectivity index (χ1v) is 8.85. The number of piperidine rings is 1. The van der Waals surface area contributed by atoms with Gasteiger partial charge in [-0.1, -0.05) is 15.9 Å². The molecule has 2 atom stereocenters. The van der Waals surface area contributed by atoms with E-state index in [1.807, 2.05) is 0 Å². The van der Waals surface area contributed by atoms with E-state index in [9.17, 15) is 14.2 Å². The third-order valence-electron chi connectivity index (χ3n) is 3.34. The van der Waals surface area contributed by atoms with E-state index in [1.165, 1.54) is 0 Å². The van der Waals surface area contributed by atoms with Crippen LogP contribution in [0.1, 0.15) is 12.8 Å². The van der Waals surface area contributed by atoms with Crippen molar-refractivity contribution in [2.45, 2.75) is 18.5 Å². The van der Waals surface area contributed by atoms with Crippen LogP contribution in [0.5, 0.6) is 0 Å². The Bertz CT molecular complexity index is 597. The zero-order valence-electron chi connectivity index (χ0n) is 11.7. The largest absolute Gasteiger partial charge is 0.358 e. The molecule has 1 fully saturated rings. The molecule has 0 bridgehead atoms. The number of halogens is 1. The van der Waals surface area contributed by atoms with E-state index in [2.05, 4.69) is 21.2 Å². The average Bonchev–Trinajstić information content (AvgIpc) is 2.53. The SMILES string of the molecule is NN(C(=O)N(N)[PH](=O)[C@H]1CCCNC1=O)c1ccc(Br)cc1. The fourth-order valence-corrected chi connectivity index (χ4v) is 3.77. The van der Waals surface area contributed by atoms with Crippen LogP contribution in [0.4, 0.5) is 10.5 Å². The zero-order chi connectivity index (χ0) is 16.3. The predicted molar refractivity (Wildman–Crippen MR) is 87.3 cm³/mol. The summed E-state index contributed by atoms with van der Waals surface area (Å²) in [5.41, 5.74) is -0.377. The predicted octanol–water partition coefficient (Wildman–Crippen LogP) is 1.18. The second-order valence-corrected chi connectivity index (χ2v) is 7.59. The molecule has 0 aliphatic carbocycles. The molecule has 8 nitrogen and oxygen atoms in total. The summed E-state index contributed by atoms with van der Waals surface area (Å²) in [6.07, 6.45) is 1.14. The highest BCUT2D eigenvalue weighted by Crippen LogP contribution is 2.35. The second-order valence-electron chi connectivity index (χ2n) is 4.82. The highest BCUT2D eigenvalue weighted by molar-refractivity contribution is 9.10. The van der Waals surface area contributed by atoms with Gasteiger partial charge in [-0.05, 0) is 37.1 Å². The fraction of sp³-hybridized carbons (Fsp3) is 0.333. The quantitative estimate of drug-likeness (QED) is 0.310. The normalized spacial score (nSPS) is 19.2. The number of hydrazine groups is 2. The molecule has 0 radical (unpaired) electrons. The fourth-order valence-electron chi connectivity index (χ4n) is 2.10. The number of carbonyl (C=O) groups is 2. The Kier molecular flexibility index (Phi) is 5.57. The van der Waals surface area contributed by atoms with Crippen molar-refractivity contribution in [3.8, 4) is 0 Å². The Balaban J connectivity index is 2.08. The van der Waals surface area contributed by atoms with Gasteiger partial charge in [0.25, 0.3) is 0 Å². The van der Waals surface area contributed by atoms with Gasteiger partial charge in [0, 0.05) is 11.0 Å². The maximum Gasteiger partial charge on any atom is 0.358 e. The van der Waals surface area contributed by atoms with Crippen molar-refractivity contribution in [1.29, 1.82) is 0 Å². The third-order valence-corrected chi connectivity index (χ3v) is 5.68. The smallest absolute Gasteiger partial charge is 0.355 e. The lowest BCUT2D eigenvalue weighted by atomic mass is 10.1. The second kappa shape index (κ2) is 7.23. The van der Waals surface area contributed by atoms with Crippen LogP contribution in [0.15, 0.2) is 28.7 Å². The summed E-state index contributed by atoms with van der Waals surface area (Å²) < 4.78 is 13.8. The van der Waals surface area contributed by atoms with Gasteiger partial charge in [0.1, 0.15) is 5.66 Å². The highest BCUT2D eigenvalue weighted by atomic mass is 79.9. The van der Waals surface area contributed by atoms with E-state index in [1.54, 1.807) is 24.3 Å². The molecule has 22 heavy (non-hydrogen) atoms. The van der Waals surface area contributed by atoms with Crippen LogP contribution in [-0.2, 0) is 9.36 Å². The number of amides is 3. The topological polar surface area (TPSA) is 122 Å². The van der Waals surface area contributed by atoms with E-state index in [0.717, 1.165) is 9.48 Å². The number of anilines is 1. The molecular weight excluding hydrogens is 373 g/mol. The first-order chi connectivity index (χ1) is 10.4. The molecule has 1 aromatic carbocycles. The molecule has 1 aliphatic rings. The number of nitrogens with two attached hydrogens (primary N) is 2. The number of nitrogens with zero attached hydrogens (tertiary/aromatic N) is 2. The molecule has 0 spiro atoms. The summed E-state index contributed by atoms with van der Waals surface area (Å²) >= 11 is 3.27. The van der Waals surface area contributed by atoms with Crippen LogP contribution in [0.25, 0.3) is 0 Å². The lowest BCUT2D eigenvalue weighted by molar-refractivity contribution is -0.121. The van der Waals surface area contributed by atoms with Gasteiger partial charge in [-0.3, -0.25) is 4.79 Å². The summed E-state index contributed by atoms with van der Waals surface area (Å²) in [6.45, 7) is 0.547.